The van der Waals surface area contributed by atoms with E-state index in [1.165, 1.54) is 0 Å². The van der Waals surface area contributed by atoms with Gasteiger partial charge in [0, 0.05) is 13.1 Å². The van der Waals surface area contributed by atoms with E-state index < -0.39 is 5.38 Å². The molecule has 1 aliphatic heterocycles. The van der Waals surface area contributed by atoms with Gasteiger partial charge in [0.05, 0.1) is 0 Å². The minimum absolute atomic E-state index is 0.0502. The van der Waals surface area contributed by atoms with Crippen molar-refractivity contribution < 1.29 is 4.79 Å². The summed E-state index contributed by atoms with van der Waals surface area (Å²) in [5.74, 6) is 0.0502. The number of aryl methyl sites for hydroxylation is 2. The lowest BCUT2D eigenvalue weighted by atomic mass is 10.0. The van der Waals surface area contributed by atoms with E-state index in [1.807, 2.05) is 30.9 Å². The fourth-order valence-electron chi connectivity index (χ4n) is 2.40. The van der Waals surface area contributed by atoms with Gasteiger partial charge in [-0.15, -0.1) is 11.6 Å². The van der Waals surface area contributed by atoms with Crippen LogP contribution in [0, 0.1) is 13.8 Å². The van der Waals surface area contributed by atoms with Gasteiger partial charge in [-0.1, -0.05) is 29.3 Å². The summed E-state index contributed by atoms with van der Waals surface area (Å²) in [6, 6.07) is 6.09. The first-order chi connectivity index (χ1) is 8.08. The molecule has 1 aromatic rings. The van der Waals surface area contributed by atoms with Gasteiger partial charge in [-0.25, -0.2) is 0 Å². The summed E-state index contributed by atoms with van der Waals surface area (Å²) in [5, 5.41) is -0.535. The highest BCUT2D eigenvalue weighted by Gasteiger charge is 2.26. The second-order valence-electron chi connectivity index (χ2n) is 4.82. The van der Waals surface area contributed by atoms with Crippen LogP contribution in [-0.2, 0) is 4.79 Å². The van der Waals surface area contributed by atoms with Crippen molar-refractivity contribution in [3.05, 3.63) is 34.9 Å². The molecular weight excluding hydrogens is 234 g/mol. The summed E-state index contributed by atoms with van der Waals surface area (Å²) in [6.07, 6.45) is 2.20. The van der Waals surface area contributed by atoms with Crippen LogP contribution in [0.15, 0.2) is 18.2 Å². The summed E-state index contributed by atoms with van der Waals surface area (Å²) in [6.45, 7) is 5.76. The molecule has 1 saturated heterocycles. The molecule has 1 amide bonds. The number of rotatable bonds is 2. The van der Waals surface area contributed by atoms with Crippen molar-refractivity contribution in [3.8, 4) is 0 Å². The average Bonchev–Trinajstić information content (AvgIpc) is 2.79. The first-order valence-corrected chi connectivity index (χ1v) is 6.52. The predicted octanol–water partition coefficient (Wildman–Crippen LogP) is 3.21. The number of halogens is 1. The van der Waals surface area contributed by atoms with Crippen molar-refractivity contribution >= 4 is 17.5 Å². The molecule has 1 fully saturated rings. The fourth-order valence-corrected chi connectivity index (χ4v) is 2.66. The number of hydrogen-bond donors (Lipinski definition) is 0. The van der Waals surface area contributed by atoms with Gasteiger partial charge >= 0.3 is 0 Å². The van der Waals surface area contributed by atoms with Crippen LogP contribution in [0.2, 0.25) is 0 Å². The maximum atomic E-state index is 12.2. The SMILES string of the molecule is Cc1cc(C)cc(C(Cl)C(=O)N2CCCC2)c1. The smallest absolute Gasteiger partial charge is 0.245 e. The topological polar surface area (TPSA) is 20.3 Å². The average molecular weight is 252 g/mol. The Balaban J connectivity index is 2.17. The molecule has 0 bridgehead atoms. The highest BCUT2D eigenvalue weighted by molar-refractivity contribution is 6.30. The van der Waals surface area contributed by atoms with Crippen molar-refractivity contribution in [1.82, 2.24) is 4.90 Å². The molecule has 3 heteroatoms. The molecule has 1 unspecified atom stereocenters. The van der Waals surface area contributed by atoms with E-state index >= 15 is 0 Å². The lowest BCUT2D eigenvalue weighted by molar-refractivity contribution is -0.129. The quantitative estimate of drug-likeness (QED) is 0.740. The Bertz CT molecular complexity index is 404. The van der Waals surface area contributed by atoms with Gasteiger partial charge in [0.15, 0.2) is 0 Å². The van der Waals surface area contributed by atoms with E-state index in [4.69, 9.17) is 11.6 Å². The molecule has 1 atom stereocenters. The first-order valence-electron chi connectivity index (χ1n) is 6.09. The first kappa shape index (κ1) is 12.4. The van der Waals surface area contributed by atoms with Gasteiger partial charge in [-0.2, -0.15) is 0 Å². The van der Waals surface area contributed by atoms with Gasteiger partial charge in [-0.05, 0) is 32.3 Å². The predicted molar refractivity (Wildman–Crippen MR) is 70.3 cm³/mol. The van der Waals surface area contributed by atoms with Crippen LogP contribution >= 0.6 is 11.6 Å². The Hall–Kier alpha value is -1.02. The normalized spacial score (nSPS) is 17.2. The Morgan fingerprint density at radius 1 is 1.18 bits per heavy atom. The number of hydrogen-bond acceptors (Lipinski definition) is 1. The maximum absolute atomic E-state index is 12.2. The minimum atomic E-state index is -0.535. The van der Waals surface area contributed by atoms with Crippen LogP contribution < -0.4 is 0 Å². The highest BCUT2D eigenvalue weighted by atomic mass is 35.5. The standard InChI is InChI=1S/C14H18ClNO/c1-10-7-11(2)9-12(8-10)13(15)14(17)16-5-3-4-6-16/h7-9,13H,3-6H2,1-2H3. The zero-order chi connectivity index (χ0) is 12.4. The Morgan fingerprint density at radius 2 is 1.71 bits per heavy atom. The van der Waals surface area contributed by atoms with Crippen LogP contribution in [-0.4, -0.2) is 23.9 Å². The summed E-state index contributed by atoms with van der Waals surface area (Å²) >= 11 is 6.29. The largest absolute Gasteiger partial charge is 0.341 e. The second-order valence-corrected chi connectivity index (χ2v) is 5.25. The van der Waals surface area contributed by atoms with Crippen molar-refractivity contribution in [2.45, 2.75) is 32.1 Å². The summed E-state index contributed by atoms with van der Waals surface area (Å²) in [5.41, 5.74) is 3.22. The minimum Gasteiger partial charge on any atom is -0.341 e. The van der Waals surface area contributed by atoms with Crippen molar-refractivity contribution in [1.29, 1.82) is 0 Å². The monoisotopic (exact) mass is 251 g/mol. The third kappa shape index (κ3) is 2.81. The molecule has 92 valence electrons. The van der Waals surface area contributed by atoms with Crippen LogP contribution in [0.5, 0.6) is 0 Å². The maximum Gasteiger partial charge on any atom is 0.245 e. The van der Waals surface area contributed by atoms with E-state index in [2.05, 4.69) is 6.07 Å². The molecule has 0 N–H and O–H groups in total. The number of likely N-dealkylation sites (tertiary alicyclic amines) is 1. The van der Waals surface area contributed by atoms with Crippen molar-refractivity contribution in [3.63, 3.8) is 0 Å². The van der Waals surface area contributed by atoms with E-state index in [0.29, 0.717) is 0 Å². The molecule has 0 spiro atoms. The van der Waals surface area contributed by atoms with E-state index in [0.717, 1.165) is 42.6 Å². The highest BCUT2D eigenvalue weighted by Crippen LogP contribution is 2.26. The Kier molecular flexibility index (Phi) is 3.72. The van der Waals surface area contributed by atoms with E-state index in [9.17, 15) is 4.79 Å². The van der Waals surface area contributed by atoms with Crippen LogP contribution in [0.3, 0.4) is 0 Å². The molecule has 2 rings (SSSR count). The van der Waals surface area contributed by atoms with Gasteiger partial charge < -0.3 is 4.90 Å². The number of amides is 1. The summed E-state index contributed by atoms with van der Waals surface area (Å²) in [7, 11) is 0. The molecule has 1 heterocycles. The third-order valence-electron chi connectivity index (χ3n) is 3.17. The lowest BCUT2D eigenvalue weighted by Gasteiger charge is -2.19. The molecule has 17 heavy (non-hydrogen) atoms. The van der Waals surface area contributed by atoms with E-state index in [1.54, 1.807) is 0 Å². The van der Waals surface area contributed by atoms with Gasteiger partial charge in [0.1, 0.15) is 5.38 Å². The summed E-state index contributed by atoms with van der Waals surface area (Å²) in [4.78, 5) is 14.0. The lowest BCUT2D eigenvalue weighted by Crippen LogP contribution is -2.30. The Labute approximate surface area is 108 Å². The molecule has 1 aliphatic rings. The van der Waals surface area contributed by atoms with Gasteiger partial charge in [-0.3, -0.25) is 4.79 Å². The number of nitrogens with zero attached hydrogens (tertiary/aromatic N) is 1. The van der Waals surface area contributed by atoms with Gasteiger partial charge in [0.2, 0.25) is 5.91 Å². The molecule has 0 aromatic heterocycles. The second kappa shape index (κ2) is 5.09. The number of carbonyl (C=O) groups is 1. The number of carbonyl (C=O) groups excluding carboxylic acids is 1. The fraction of sp³-hybridized carbons (Fsp3) is 0.500. The van der Waals surface area contributed by atoms with Gasteiger partial charge in [0.25, 0.3) is 0 Å². The van der Waals surface area contributed by atoms with Crippen LogP contribution in [0.1, 0.15) is 34.9 Å². The van der Waals surface area contributed by atoms with Crippen LogP contribution in [0.25, 0.3) is 0 Å². The zero-order valence-corrected chi connectivity index (χ0v) is 11.1. The molecule has 1 aromatic carbocycles. The van der Waals surface area contributed by atoms with Crippen molar-refractivity contribution in [2.75, 3.05) is 13.1 Å². The number of alkyl halides is 1. The molecule has 0 saturated carbocycles. The molecule has 0 aliphatic carbocycles. The third-order valence-corrected chi connectivity index (χ3v) is 3.61. The molecule has 2 nitrogen and oxygen atoms in total. The molecular formula is C14H18ClNO. The Morgan fingerprint density at radius 3 is 2.24 bits per heavy atom. The van der Waals surface area contributed by atoms with E-state index in [-0.39, 0.29) is 5.91 Å². The van der Waals surface area contributed by atoms with Crippen molar-refractivity contribution in [2.24, 2.45) is 0 Å². The molecule has 0 radical (unpaired) electrons. The number of benzene rings is 1. The van der Waals surface area contributed by atoms with Crippen LogP contribution in [0.4, 0.5) is 0 Å². The zero-order valence-electron chi connectivity index (χ0n) is 10.4. The summed E-state index contributed by atoms with van der Waals surface area (Å²) < 4.78 is 0.